The van der Waals surface area contributed by atoms with E-state index in [-0.39, 0.29) is 9.40 Å². The Morgan fingerprint density at radius 1 is 0.357 bits per heavy atom. The van der Waals surface area contributed by atoms with E-state index in [1.54, 1.807) is 0 Å². The molecule has 1 heterocycles. The molecule has 0 aliphatic heterocycles. The van der Waals surface area contributed by atoms with Crippen molar-refractivity contribution in [2.24, 2.45) is 0 Å². The number of nitrogens with zero attached hydrogens (tertiary/aromatic N) is 1. The molecular formula is C54H37NS. The van der Waals surface area contributed by atoms with Gasteiger partial charge in [0.1, 0.15) is 0 Å². The Balaban J connectivity index is 1.36. The van der Waals surface area contributed by atoms with Crippen molar-refractivity contribution < 1.29 is 43.9 Å². The van der Waals surface area contributed by atoms with Crippen molar-refractivity contribution in [2.45, 2.75) is 0 Å². The fourth-order valence-electron chi connectivity index (χ4n) is 5.87. The second kappa shape index (κ2) is 14.7. The summed E-state index contributed by atoms with van der Waals surface area (Å²) in [4.78, 5) is 0.807. The van der Waals surface area contributed by atoms with Gasteiger partial charge in [-0.1, -0.05) is 175 Å². The van der Waals surface area contributed by atoms with Gasteiger partial charge in [-0.2, -0.15) is 0 Å². The van der Waals surface area contributed by atoms with E-state index in [1.165, 1.54) is 0 Å². The molecule has 0 radical (unpaired) electrons. The summed E-state index contributed by atoms with van der Waals surface area (Å²) in [6.45, 7) is 0. The Kier molecular flexibility index (Phi) is 3.65. The van der Waals surface area contributed by atoms with Crippen LogP contribution in [-0.4, -0.2) is 0 Å². The predicted octanol–water partition coefficient (Wildman–Crippen LogP) is 15.9. The summed E-state index contributed by atoms with van der Waals surface area (Å²) in [6, 6.07) is -22.0. The summed E-state index contributed by atoms with van der Waals surface area (Å²) in [6.07, 6.45) is 0. The van der Waals surface area contributed by atoms with Gasteiger partial charge in [-0.15, -0.1) is 11.3 Å². The third-order valence-corrected chi connectivity index (χ3v) is 9.48. The Bertz CT molecular complexity index is 4730. The molecule has 10 rings (SSSR count). The lowest BCUT2D eigenvalue weighted by Crippen LogP contribution is -2.09. The quantitative estimate of drug-likeness (QED) is 0.149. The molecule has 0 unspecified atom stereocenters. The van der Waals surface area contributed by atoms with Crippen molar-refractivity contribution in [3.8, 4) is 55.6 Å². The largest absolute Gasteiger partial charge is 0.311 e. The highest BCUT2D eigenvalue weighted by atomic mass is 32.1. The van der Waals surface area contributed by atoms with Crippen molar-refractivity contribution >= 4 is 48.6 Å². The molecule has 0 fully saturated rings. The monoisotopic (exact) mass is 763 g/mol. The van der Waals surface area contributed by atoms with Crippen LogP contribution in [0, 0.1) is 0 Å². The van der Waals surface area contributed by atoms with E-state index in [2.05, 4.69) is 0 Å². The topological polar surface area (TPSA) is 3.24 Å². The first kappa shape index (κ1) is 13.9. The molecule has 1 aromatic heterocycles. The van der Waals surface area contributed by atoms with E-state index < -0.39 is 277 Å². The number of hydrogen-bond acceptors (Lipinski definition) is 2. The zero-order valence-electron chi connectivity index (χ0n) is 60.2. The summed E-state index contributed by atoms with van der Waals surface area (Å²) < 4.78 is 285. The number of thiophene rings is 1. The number of fused-ring (bicyclic) bond motifs is 3. The zero-order valence-corrected chi connectivity index (χ0v) is 29.1. The number of benzene rings is 9. The molecule has 10 aromatic rings. The summed E-state index contributed by atoms with van der Waals surface area (Å²) in [7, 11) is 0. The minimum atomic E-state index is -1.05. The van der Waals surface area contributed by atoms with Gasteiger partial charge in [-0.25, -0.2) is 0 Å². The maximum atomic E-state index is 9.99. The average Bonchev–Trinajstić information content (AvgIpc) is 1.48. The van der Waals surface area contributed by atoms with E-state index in [1.807, 2.05) is 0 Å². The van der Waals surface area contributed by atoms with Crippen molar-refractivity contribution in [2.75, 3.05) is 4.90 Å². The van der Waals surface area contributed by atoms with E-state index >= 15 is 0 Å². The summed E-state index contributed by atoms with van der Waals surface area (Å²) in [5, 5.41) is -0.832. The molecule has 264 valence electrons. The van der Waals surface area contributed by atoms with Gasteiger partial charge in [0.2, 0.25) is 0 Å². The van der Waals surface area contributed by atoms with Gasteiger partial charge in [-0.3, -0.25) is 0 Å². The van der Waals surface area contributed by atoms with Crippen molar-refractivity contribution in [3.63, 3.8) is 0 Å². The number of hydrogen-bond donors (Lipinski definition) is 0. The molecule has 0 saturated carbocycles. The smallest absolute Gasteiger partial charge is 0.0645 e. The second-order valence-electron chi connectivity index (χ2n) is 11.6. The van der Waals surface area contributed by atoms with Crippen LogP contribution >= 0.6 is 11.3 Å². The molecule has 0 amide bonds. The molecule has 2 heteroatoms. The Morgan fingerprint density at radius 3 is 1.66 bits per heavy atom. The molecule has 0 spiro atoms. The molecule has 0 bridgehead atoms. The van der Waals surface area contributed by atoms with E-state index in [9.17, 15) is 15.1 Å². The first-order chi connectivity index (χ1) is 41.0. The highest BCUT2D eigenvalue weighted by Gasteiger charge is 2.18. The standard InChI is InChI=1S/C54H37NS/c1-5-14-38(15-6-1)41-24-30-46(31-25-41)55(47-32-26-42(27-33-47)39-16-7-2-8-17-39)48-34-28-44(29-35-48)51-36-45(40-18-9-3-10-19-40)37-52-53(51)50-23-13-22-49(54(50)56-52)43-20-11-4-12-21-43/h1-37H/i1D,2D,3D,4D,5D,6D,7D,9D,10D,11D,12D,13D,14D,15D,16D,17D,18D,19D,20D,21D,22D,23D,24D,25D,26D,27D,28D,32D,34D,35D,36D,37D. The molecule has 0 saturated heterocycles. The Hall–Kier alpha value is -7.00. The third-order valence-electron chi connectivity index (χ3n) is 8.36. The zero-order chi connectivity index (χ0) is 65.1. The first-order valence-corrected chi connectivity index (χ1v) is 17.3. The number of anilines is 3. The first-order valence-electron chi connectivity index (χ1n) is 32.5. The van der Waals surface area contributed by atoms with Crippen LogP contribution in [0.3, 0.4) is 0 Å². The van der Waals surface area contributed by atoms with Crippen LogP contribution in [0.5, 0.6) is 0 Å². The highest BCUT2D eigenvalue weighted by molar-refractivity contribution is 7.26. The van der Waals surface area contributed by atoms with E-state index in [4.69, 9.17) is 28.8 Å². The maximum absolute atomic E-state index is 9.99. The lowest BCUT2D eigenvalue weighted by Gasteiger charge is -2.26. The lowest BCUT2D eigenvalue weighted by molar-refractivity contribution is 1.28. The highest BCUT2D eigenvalue weighted by Crippen LogP contribution is 2.46. The van der Waals surface area contributed by atoms with Gasteiger partial charge >= 0.3 is 0 Å². The average molecular weight is 764 g/mol. The summed E-state index contributed by atoms with van der Waals surface area (Å²) >= 11 is 0.524. The van der Waals surface area contributed by atoms with Gasteiger partial charge in [0.25, 0.3) is 0 Å². The van der Waals surface area contributed by atoms with Crippen LogP contribution < -0.4 is 4.90 Å². The molecular weight excluding hydrogens is 695 g/mol. The van der Waals surface area contributed by atoms with Crippen molar-refractivity contribution in [1.29, 1.82) is 0 Å². The maximum Gasteiger partial charge on any atom is 0.0645 e. The fourth-order valence-corrected chi connectivity index (χ4v) is 7.04. The normalized spacial score (nSPS) is 19.2. The van der Waals surface area contributed by atoms with Crippen LogP contribution in [0.1, 0.15) is 43.9 Å². The van der Waals surface area contributed by atoms with Crippen molar-refractivity contribution in [1.82, 2.24) is 0 Å². The van der Waals surface area contributed by atoms with Crippen LogP contribution in [0.4, 0.5) is 17.1 Å². The van der Waals surface area contributed by atoms with Crippen LogP contribution in [0.2, 0.25) is 0 Å². The molecule has 0 atom stereocenters. The fraction of sp³-hybridized carbons (Fsp3) is 0. The van der Waals surface area contributed by atoms with Gasteiger partial charge in [0, 0.05) is 37.2 Å². The predicted molar refractivity (Wildman–Crippen MR) is 241 cm³/mol. The van der Waals surface area contributed by atoms with Gasteiger partial charge in [-0.05, 0) is 104 Å². The van der Waals surface area contributed by atoms with Gasteiger partial charge < -0.3 is 4.90 Å². The molecule has 9 aromatic carbocycles. The molecule has 0 aliphatic rings. The summed E-state index contributed by atoms with van der Waals surface area (Å²) in [5.74, 6) is 0. The SMILES string of the molecule is [2H]c1cc([2H])c(-c2c([2H])cc(N(c3cc([2H])c(-c4c([2H])c([2H])c([2H])c([2H])c4[2H])c([2H])c3)c3c([2H])cc(-c4c([2H])c(-c5c([2H])c([2H])c([2H])c([2H])c5[2H])c([2H])c5sc6c(-c7c([2H])c([2H])c([2H])c([2H])c7[2H])c([2H])c([2H])c([2H])c6c45)c([2H])c3[2H])c([2H])c2[2H])c([2H])c1[2H]. The Morgan fingerprint density at radius 2 is 0.929 bits per heavy atom. The second-order valence-corrected chi connectivity index (χ2v) is 12.7. The van der Waals surface area contributed by atoms with Crippen LogP contribution in [0.25, 0.3) is 75.8 Å². The molecule has 0 N–H and O–H groups in total. The minimum Gasteiger partial charge on any atom is -0.311 e. The van der Waals surface area contributed by atoms with Crippen molar-refractivity contribution in [3.05, 3.63) is 224 Å². The third kappa shape index (κ3) is 6.36. The van der Waals surface area contributed by atoms with Crippen LogP contribution in [-0.2, 0) is 0 Å². The Labute approximate surface area is 377 Å². The number of rotatable bonds is 8. The van der Waals surface area contributed by atoms with E-state index in [0.29, 0.717) is 11.3 Å². The summed E-state index contributed by atoms with van der Waals surface area (Å²) in [5.41, 5.74) is -7.78. The van der Waals surface area contributed by atoms with Crippen LogP contribution in [0.15, 0.2) is 224 Å². The van der Waals surface area contributed by atoms with E-state index in [0.717, 1.165) is 35.2 Å². The van der Waals surface area contributed by atoms with Gasteiger partial charge in [0.15, 0.2) is 0 Å². The molecule has 56 heavy (non-hydrogen) atoms. The molecule has 0 aliphatic carbocycles. The minimum absolute atomic E-state index is 0.295. The molecule has 1 nitrogen and oxygen atoms in total. The van der Waals surface area contributed by atoms with Gasteiger partial charge in [0.05, 0.1) is 43.9 Å². The lowest BCUT2D eigenvalue weighted by atomic mass is 9.93.